The summed E-state index contributed by atoms with van der Waals surface area (Å²) in [5.41, 5.74) is 0.742. The van der Waals surface area contributed by atoms with Crippen molar-refractivity contribution in [2.24, 2.45) is 17.8 Å². The zero-order valence-electron chi connectivity index (χ0n) is 18.1. The fraction of sp³-hybridized carbons (Fsp3) is 0.440. The summed E-state index contributed by atoms with van der Waals surface area (Å²) in [6, 6.07) is 11.4. The van der Waals surface area contributed by atoms with E-state index in [0.717, 1.165) is 48.5 Å². The van der Waals surface area contributed by atoms with Crippen molar-refractivity contribution in [3.63, 3.8) is 0 Å². The van der Waals surface area contributed by atoms with E-state index >= 15 is 0 Å². The molecule has 3 aromatic rings. The van der Waals surface area contributed by atoms with Crippen molar-refractivity contribution in [2.45, 2.75) is 50.6 Å². The topological polar surface area (TPSA) is 34.8 Å². The van der Waals surface area contributed by atoms with Gasteiger partial charge < -0.3 is 5.32 Å². The normalized spacial score (nSPS) is 27.8. The third kappa shape index (κ3) is 3.60. The van der Waals surface area contributed by atoms with Crippen LogP contribution in [0.3, 0.4) is 0 Å². The fourth-order valence-electron chi connectivity index (χ4n) is 6.88. The van der Waals surface area contributed by atoms with Crippen LogP contribution in [0, 0.1) is 34.2 Å². The van der Waals surface area contributed by atoms with Crippen LogP contribution in [0.4, 0.5) is 14.5 Å². The van der Waals surface area contributed by atoms with E-state index in [4.69, 9.17) is 28.9 Å². The SMILES string of the molecule is Fc1cccc(F)c1NCn1nc(C23CC4CC(CC(C4)C2)C3)n(-c2ccc(Cl)cc2)c1=S. The lowest BCUT2D eigenvalue weighted by atomic mass is 9.49. The Bertz CT molecular complexity index is 1210. The Kier molecular flexibility index (Phi) is 5.11. The standard InChI is InChI=1S/C25H25ClF2N4S/c26-18-4-6-19(7-5-18)32-23(25-11-15-8-16(12-25)10-17(9-15)13-25)30-31(24(32)33)14-29-22-20(27)2-1-3-21(22)28/h1-7,15-17,29H,8-14H2. The molecule has 1 heterocycles. The first-order valence-corrected chi connectivity index (χ1v) is 12.3. The minimum atomic E-state index is -0.639. The monoisotopic (exact) mass is 486 g/mol. The van der Waals surface area contributed by atoms with Gasteiger partial charge in [-0.3, -0.25) is 4.57 Å². The van der Waals surface area contributed by atoms with Crippen LogP contribution in [0.1, 0.15) is 44.3 Å². The number of anilines is 1. The van der Waals surface area contributed by atoms with E-state index in [9.17, 15) is 8.78 Å². The number of halogens is 3. The van der Waals surface area contributed by atoms with Crippen LogP contribution >= 0.6 is 23.8 Å². The van der Waals surface area contributed by atoms with Crippen molar-refractivity contribution in [1.29, 1.82) is 0 Å². The number of nitrogens with one attached hydrogen (secondary N) is 1. The van der Waals surface area contributed by atoms with Gasteiger partial charge in [0.05, 0.1) is 0 Å². The zero-order chi connectivity index (χ0) is 22.7. The predicted molar refractivity (Wildman–Crippen MR) is 127 cm³/mol. The number of nitrogens with zero attached hydrogens (tertiary/aromatic N) is 3. The lowest BCUT2D eigenvalue weighted by Crippen LogP contribution is -2.49. The second-order valence-electron chi connectivity index (χ2n) is 10.0. The molecule has 0 saturated heterocycles. The maximum absolute atomic E-state index is 14.2. The molecule has 4 aliphatic rings. The molecule has 0 radical (unpaired) electrons. The van der Waals surface area contributed by atoms with E-state index < -0.39 is 11.6 Å². The summed E-state index contributed by atoms with van der Waals surface area (Å²) in [6.45, 7) is 0.0800. The molecule has 4 bridgehead atoms. The Balaban J connectivity index is 1.43. The van der Waals surface area contributed by atoms with Crippen LogP contribution in [-0.4, -0.2) is 14.3 Å². The minimum absolute atomic E-state index is 0.00353. The number of aromatic nitrogens is 3. The highest BCUT2D eigenvalue weighted by atomic mass is 35.5. The largest absolute Gasteiger partial charge is 0.361 e. The molecular weight excluding hydrogens is 462 g/mol. The van der Waals surface area contributed by atoms with Crippen molar-refractivity contribution in [3.8, 4) is 5.69 Å². The van der Waals surface area contributed by atoms with Gasteiger partial charge in [-0.25, -0.2) is 13.5 Å². The lowest BCUT2D eigenvalue weighted by molar-refractivity contribution is -0.0104. The summed E-state index contributed by atoms with van der Waals surface area (Å²) < 4.78 is 32.6. The second kappa shape index (κ2) is 7.91. The van der Waals surface area contributed by atoms with Gasteiger partial charge >= 0.3 is 0 Å². The highest BCUT2D eigenvalue weighted by Crippen LogP contribution is 2.60. The van der Waals surface area contributed by atoms with Gasteiger partial charge in [0.25, 0.3) is 0 Å². The minimum Gasteiger partial charge on any atom is -0.361 e. The highest BCUT2D eigenvalue weighted by molar-refractivity contribution is 7.71. The molecular formula is C25H25ClF2N4S. The van der Waals surface area contributed by atoms with Crippen LogP contribution in [0.25, 0.3) is 5.69 Å². The molecule has 0 aliphatic heterocycles. The summed E-state index contributed by atoms with van der Waals surface area (Å²) >= 11 is 12.0. The number of hydrogen-bond acceptors (Lipinski definition) is 3. The Labute approximate surface area is 201 Å². The average Bonchev–Trinajstić information content (AvgIpc) is 3.10. The third-order valence-electron chi connectivity index (χ3n) is 7.81. The van der Waals surface area contributed by atoms with Crippen LogP contribution in [0.5, 0.6) is 0 Å². The van der Waals surface area contributed by atoms with Crippen molar-refractivity contribution in [1.82, 2.24) is 14.3 Å². The third-order valence-corrected chi connectivity index (χ3v) is 8.45. The fourth-order valence-corrected chi connectivity index (χ4v) is 7.31. The summed E-state index contributed by atoms with van der Waals surface area (Å²) in [4.78, 5) is 0. The van der Waals surface area contributed by atoms with Gasteiger partial charge in [-0.2, -0.15) is 5.10 Å². The van der Waals surface area contributed by atoms with Gasteiger partial charge in [0.15, 0.2) is 0 Å². The van der Waals surface area contributed by atoms with Gasteiger partial charge in [-0.15, -0.1) is 0 Å². The predicted octanol–water partition coefficient (Wildman–Crippen LogP) is 6.87. The van der Waals surface area contributed by atoms with Crippen LogP contribution in [-0.2, 0) is 12.1 Å². The highest BCUT2D eigenvalue weighted by Gasteiger charge is 2.54. The second-order valence-corrected chi connectivity index (χ2v) is 10.8. The molecule has 0 atom stereocenters. The van der Waals surface area contributed by atoms with Gasteiger partial charge in [-0.1, -0.05) is 17.7 Å². The van der Waals surface area contributed by atoms with Crippen LogP contribution < -0.4 is 5.32 Å². The first-order chi connectivity index (χ1) is 15.9. The number of rotatable bonds is 5. The Morgan fingerprint density at radius 3 is 2.12 bits per heavy atom. The summed E-state index contributed by atoms with van der Waals surface area (Å²) in [7, 11) is 0. The van der Waals surface area contributed by atoms with E-state index in [0.29, 0.717) is 9.79 Å². The molecule has 2 aromatic carbocycles. The summed E-state index contributed by atoms with van der Waals surface area (Å²) in [6.07, 6.45) is 7.39. The van der Waals surface area contributed by atoms with Gasteiger partial charge in [0.1, 0.15) is 29.8 Å². The van der Waals surface area contributed by atoms with E-state index in [1.54, 1.807) is 4.68 Å². The van der Waals surface area contributed by atoms with Crippen LogP contribution in [0.15, 0.2) is 42.5 Å². The Morgan fingerprint density at radius 2 is 1.55 bits per heavy atom. The molecule has 7 rings (SSSR count). The maximum Gasteiger partial charge on any atom is 0.204 e. The quantitative estimate of drug-likeness (QED) is 0.399. The first-order valence-electron chi connectivity index (χ1n) is 11.6. The van der Waals surface area contributed by atoms with Gasteiger partial charge in [0.2, 0.25) is 4.77 Å². The van der Waals surface area contributed by atoms with Gasteiger partial charge in [-0.05, 0) is 105 Å². The molecule has 0 amide bonds. The Morgan fingerprint density at radius 1 is 0.970 bits per heavy atom. The lowest BCUT2D eigenvalue weighted by Gasteiger charge is -2.56. The van der Waals surface area contributed by atoms with E-state index in [1.807, 2.05) is 24.3 Å². The van der Waals surface area contributed by atoms with Crippen molar-refractivity contribution in [3.05, 3.63) is 69.7 Å². The van der Waals surface area contributed by atoms with E-state index in [2.05, 4.69) is 9.88 Å². The average molecular weight is 487 g/mol. The van der Waals surface area contributed by atoms with Crippen LogP contribution in [0.2, 0.25) is 5.02 Å². The van der Waals surface area contributed by atoms with E-state index in [-0.39, 0.29) is 17.8 Å². The van der Waals surface area contributed by atoms with Crippen molar-refractivity contribution in [2.75, 3.05) is 5.32 Å². The summed E-state index contributed by atoms with van der Waals surface area (Å²) in [5, 5.41) is 8.53. The molecule has 0 unspecified atom stereocenters. The molecule has 0 spiro atoms. The number of hydrogen-bond donors (Lipinski definition) is 1. The zero-order valence-corrected chi connectivity index (χ0v) is 19.7. The molecule has 4 aliphatic carbocycles. The molecule has 4 fully saturated rings. The maximum atomic E-state index is 14.2. The molecule has 4 saturated carbocycles. The van der Waals surface area contributed by atoms with E-state index in [1.165, 1.54) is 37.5 Å². The Hall–Kier alpha value is -2.25. The molecule has 8 heteroatoms. The number of para-hydroxylation sites is 1. The summed E-state index contributed by atoms with van der Waals surface area (Å²) in [5.74, 6) is 1.95. The first kappa shape index (κ1) is 21.3. The molecule has 4 nitrogen and oxygen atoms in total. The molecule has 33 heavy (non-hydrogen) atoms. The van der Waals surface area contributed by atoms with Crippen molar-refractivity contribution >= 4 is 29.5 Å². The molecule has 1 N–H and O–H groups in total. The van der Waals surface area contributed by atoms with Crippen molar-refractivity contribution < 1.29 is 8.78 Å². The molecule has 1 aromatic heterocycles. The smallest absolute Gasteiger partial charge is 0.204 e. The number of benzene rings is 2. The molecule has 172 valence electrons. The van der Waals surface area contributed by atoms with Gasteiger partial charge in [0, 0.05) is 16.1 Å².